The fraction of sp³-hybridized carbons (Fsp3) is 0.333. The lowest BCUT2D eigenvalue weighted by molar-refractivity contribution is 0.0950. The van der Waals surface area contributed by atoms with Crippen LogP contribution in [0.3, 0.4) is 0 Å². The van der Waals surface area contributed by atoms with Crippen molar-refractivity contribution in [3.8, 4) is 5.75 Å². The maximum atomic E-state index is 12.7. The van der Waals surface area contributed by atoms with Gasteiger partial charge in [-0.1, -0.05) is 42.0 Å². The first-order valence-electron chi connectivity index (χ1n) is 11.7. The summed E-state index contributed by atoms with van der Waals surface area (Å²) in [6.07, 6.45) is 1.53. The molecule has 178 valence electrons. The van der Waals surface area contributed by atoms with E-state index < -0.39 is 0 Å². The van der Waals surface area contributed by atoms with Crippen LogP contribution >= 0.6 is 0 Å². The quantitative estimate of drug-likeness (QED) is 0.530. The highest BCUT2D eigenvalue weighted by atomic mass is 16.5. The van der Waals surface area contributed by atoms with Crippen LogP contribution in [-0.4, -0.2) is 54.0 Å². The Morgan fingerprint density at radius 3 is 2.59 bits per heavy atom. The van der Waals surface area contributed by atoms with Crippen molar-refractivity contribution >= 4 is 11.7 Å². The van der Waals surface area contributed by atoms with Gasteiger partial charge in [0.2, 0.25) is 0 Å². The fourth-order valence-corrected chi connectivity index (χ4v) is 3.82. The molecule has 0 spiro atoms. The molecule has 0 saturated carbocycles. The molecule has 7 nitrogen and oxygen atoms in total. The lowest BCUT2D eigenvalue weighted by atomic mass is 10.1. The molecule has 1 amide bonds. The van der Waals surface area contributed by atoms with Gasteiger partial charge in [0.05, 0.1) is 0 Å². The second kappa shape index (κ2) is 11.1. The molecular weight excluding hydrogens is 426 g/mol. The molecule has 3 aromatic rings. The van der Waals surface area contributed by atoms with Crippen molar-refractivity contribution in [2.75, 3.05) is 38.7 Å². The highest BCUT2D eigenvalue weighted by molar-refractivity contribution is 5.94. The van der Waals surface area contributed by atoms with Gasteiger partial charge in [-0.15, -0.1) is 0 Å². The van der Waals surface area contributed by atoms with Crippen molar-refractivity contribution in [2.45, 2.75) is 26.5 Å². The van der Waals surface area contributed by atoms with Crippen LogP contribution in [0.1, 0.15) is 40.1 Å². The third-order valence-electron chi connectivity index (χ3n) is 6.01. The van der Waals surface area contributed by atoms with Gasteiger partial charge in [-0.25, -0.2) is 9.99 Å². The van der Waals surface area contributed by atoms with Crippen LogP contribution in [0.5, 0.6) is 5.75 Å². The first kappa shape index (κ1) is 23.7. The smallest absolute Gasteiger partial charge is 0.251 e. The molecule has 0 aliphatic carbocycles. The van der Waals surface area contributed by atoms with Gasteiger partial charge >= 0.3 is 0 Å². The first-order chi connectivity index (χ1) is 16.5. The number of hydrazine groups is 1. The van der Waals surface area contributed by atoms with E-state index in [-0.39, 0.29) is 12.0 Å². The zero-order chi connectivity index (χ0) is 23.9. The van der Waals surface area contributed by atoms with E-state index in [0.29, 0.717) is 12.1 Å². The number of rotatable bonds is 8. The van der Waals surface area contributed by atoms with Gasteiger partial charge in [-0.2, -0.15) is 0 Å². The van der Waals surface area contributed by atoms with E-state index in [9.17, 15) is 4.79 Å². The molecule has 1 unspecified atom stereocenters. The number of nitrogens with zero attached hydrogens (tertiary/aromatic N) is 3. The minimum Gasteiger partial charge on any atom is -0.486 e. The largest absolute Gasteiger partial charge is 0.486 e. The zero-order valence-corrected chi connectivity index (χ0v) is 20.1. The summed E-state index contributed by atoms with van der Waals surface area (Å²) in [4.78, 5) is 19.4. The number of ether oxygens (including phenoxy) is 1. The summed E-state index contributed by atoms with van der Waals surface area (Å²) in [6.45, 7) is 8.46. The highest BCUT2D eigenvalue weighted by Gasteiger charge is 2.15. The van der Waals surface area contributed by atoms with E-state index in [1.807, 2.05) is 74.5 Å². The predicted octanol–water partition coefficient (Wildman–Crippen LogP) is 4.03. The van der Waals surface area contributed by atoms with Gasteiger partial charge in [0.25, 0.3) is 5.91 Å². The Morgan fingerprint density at radius 2 is 1.82 bits per heavy atom. The molecule has 34 heavy (non-hydrogen) atoms. The number of anilines is 1. The van der Waals surface area contributed by atoms with Crippen LogP contribution in [-0.2, 0) is 6.54 Å². The number of aromatic nitrogens is 1. The first-order valence-corrected chi connectivity index (χ1v) is 11.7. The average Bonchev–Trinajstić information content (AvgIpc) is 2.85. The molecule has 1 fully saturated rings. The molecular formula is C27H33N5O2. The molecule has 1 aliphatic rings. The zero-order valence-electron chi connectivity index (χ0n) is 20.1. The second-order valence-electron chi connectivity index (χ2n) is 8.83. The number of pyridine rings is 1. The van der Waals surface area contributed by atoms with E-state index in [1.54, 1.807) is 6.20 Å². The minimum absolute atomic E-state index is 0.0998. The van der Waals surface area contributed by atoms with E-state index in [1.165, 1.54) is 5.56 Å². The van der Waals surface area contributed by atoms with E-state index >= 15 is 0 Å². The van der Waals surface area contributed by atoms with Crippen molar-refractivity contribution < 1.29 is 9.53 Å². The van der Waals surface area contributed by atoms with Crippen molar-refractivity contribution in [1.29, 1.82) is 0 Å². The number of aryl methyl sites for hydroxylation is 1. The Labute approximate surface area is 201 Å². The topological polar surface area (TPSA) is 69.7 Å². The molecule has 1 saturated heterocycles. The maximum Gasteiger partial charge on any atom is 0.251 e. The van der Waals surface area contributed by atoms with E-state index in [0.717, 1.165) is 48.9 Å². The van der Waals surface area contributed by atoms with Crippen LogP contribution in [0.4, 0.5) is 5.82 Å². The number of amides is 1. The number of piperazine rings is 1. The second-order valence-corrected chi connectivity index (χ2v) is 8.83. The van der Waals surface area contributed by atoms with Gasteiger partial charge in [0, 0.05) is 50.6 Å². The molecule has 2 aromatic carbocycles. The van der Waals surface area contributed by atoms with Crippen molar-refractivity contribution in [3.63, 3.8) is 0 Å². The predicted molar refractivity (Wildman–Crippen MR) is 135 cm³/mol. The van der Waals surface area contributed by atoms with Crippen molar-refractivity contribution in [3.05, 3.63) is 89.1 Å². The summed E-state index contributed by atoms with van der Waals surface area (Å²) in [5.74, 6) is 1.39. The molecule has 0 radical (unpaired) electrons. The van der Waals surface area contributed by atoms with Gasteiger partial charge in [0.15, 0.2) is 0 Å². The molecule has 7 heteroatoms. The molecule has 1 aliphatic heterocycles. The molecule has 0 bridgehead atoms. The molecule has 1 atom stereocenters. The third kappa shape index (κ3) is 6.56. The summed E-state index contributed by atoms with van der Waals surface area (Å²) in [5, 5.41) is 5.17. The molecule has 2 N–H and O–H groups in total. The lowest BCUT2D eigenvalue weighted by Crippen LogP contribution is -2.47. The van der Waals surface area contributed by atoms with E-state index in [2.05, 4.69) is 32.7 Å². The van der Waals surface area contributed by atoms with Gasteiger partial charge < -0.3 is 20.4 Å². The molecule has 1 aromatic heterocycles. The van der Waals surface area contributed by atoms with Crippen molar-refractivity contribution in [1.82, 2.24) is 20.2 Å². The summed E-state index contributed by atoms with van der Waals surface area (Å²) >= 11 is 0. The minimum atomic E-state index is -0.219. The van der Waals surface area contributed by atoms with Crippen LogP contribution in [0.15, 0.2) is 66.9 Å². The third-order valence-corrected chi connectivity index (χ3v) is 6.01. The highest BCUT2D eigenvalue weighted by Crippen LogP contribution is 2.24. The van der Waals surface area contributed by atoms with Crippen LogP contribution in [0.25, 0.3) is 0 Å². The van der Waals surface area contributed by atoms with E-state index in [4.69, 9.17) is 4.74 Å². The summed E-state index contributed by atoms with van der Waals surface area (Å²) in [6, 6.07) is 19.5. The summed E-state index contributed by atoms with van der Waals surface area (Å²) in [5.41, 5.74) is 7.20. The maximum absolute atomic E-state index is 12.7. The van der Waals surface area contributed by atoms with Crippen LogP contribution in [0, 0.1) is 6.92 Å². The normalized spacial score (nSPS) is 15.5. The Morgan fingerprint density at radius 1 is 1.06 bits per heavy atom. The van der Waals surface area contributed by atoms with Crippen LogP contribution < -0.4 is 15.5 Å². The number of benzene rings is 2. The SMILES string of the molecule is Cc1ccc(CNC(=O)c2cccc(C(C)Oc3ccnc(NN4CCN(C)CC4)c3)c2)cc1. The number of carbonyl (C=O) groups excluding carboxylic acids is 1. The number of nitrogens with one attached hydrogen (secondary N) is 2. The number of likely N-dealkylation sites (N-methyl/N-ethyl adjacent to an activating group) is 1. The monoisotopic (exact) mass is 459 g/mol. The number of hydrogen-bond donors (Lipinski definition) is 2. The van der Waals surface area contributed by atoms with Gasteiger partial charge in [-0.3, -0.25) is 4.79 Å². The molecule has 2 heterocycles. The average molecular weight is 460 g/mol. The Balaban J connectivity index is 1.35. The van der Waals surface area contributed by atoms with Gasteiger partial charge in [-0.05, 0) is 50.2 Å². The number of hydrogen-bond acceptors (Lipinski definition) is 6. The summed E-state index contributed by atoms with van der Waals surface area (Å²) < 4.78 is 6.18. The standard InChI is InChI=1S/C27H33N5O2/c1-20-7-9-22(10-8-20)19-29-27(33)24-6-4-5-23(17-24)21(2)34-25-11-12-28-26(18-25)30-32-15-13-31(3)14-16-32/h4-12,17-18,21H,13-16,19H2,1-3H3,(H,28,30)(H,29,33). The Bertz CT molecular complexity index is 1090. The lowest BCUT2D eigenvalue weighted by Gasteiger charge is -2.32. The Hall–Kier alpha value is -3.42. The molecule has 4 rings (SSSR count). The number of carbonyl (C=O) groups is 1. The summed E-state index contributed by atoms with van der Waals surface area (Å²) in [7, 11) is 2.13. The Kier molecular flexibility index (Phi) is 7.77. The van der Waals surface area contributed by atoms with Crippen molar-refractivity contribution in [2.24, 2.45) is 0 Å². The fourth-order valence-electron chi connectivity index (χ4n) is 3.82. The van der Waals surface area contributed by atoms with Crippen LogP contribution in [0.2, 0.25) is 0 Å². The van der Waals surface area contributed by atoms with Gasteiger partial charge in [0.1, 0.15) is 17.7 Å².